The fourth-order valence-corrected chi connectivity index (χ4v) is 4.02. The molecule has 0 spiro atoms. The Hall–Kier alpha value is -3.48. The minimum atomic E-state index is -0.420. The lowest BCUT2D eigenvalue weighted by molar-refractivity contribution is -0.384. The van der Waals surface area contributed by atoms with Crippen molar-refractivity contribution in [1.82, 2.24) is 14.7 Å². The molecule has 1 saturated heterocycles. The first kappa shape index (κ1) is 20.8. The molecule has 7 heteroatoms. The SMILES string of the molecule is C[C@H]1CCCN(C(=O)Cc2cn(-c3ccccc3)nc2-c2ccc([N+](=O)[O-])cc2)CC1. The molecule has 0 N–H and O–H groups in total. The fraction of sp³-hybridized carbons (Fsp3) is 0.333. The summed E-state index contributed by atoms with van der Waals surface area (Å²) in [5.74, 6) is 0.749. The van der Waals surface area contributed by atoms with Gasteiger partial charge in [0.1, 0.15) is 0 Å². The molecule has 0 bridgehead atoms. The van der Waals surface area contributed by atoms with E-state index in [0.717, 1.165) is 49.2 Å². The van der Waals surface area contributed by atoms with E-state index in [1.165, 1.54) is 12.1 Å². The lowest BCUT2D eigenvalue weighted by Gasteiger charge is -2.20. The number of aromatic nitrogens is 2. The van der Waals surface area contributed by atoms with Gasteiger partial charge in [-0.2, -0.15) is 5.10 Å². The monoisotopic (exact) mass is 418 g/mol. The van der Waals surface area contributed by atoms with Gasteiger partial charge in [-0.3, -0.25) is 14.9 Å². The van der Waals surface area contributed by atoms with Gasteiger partial charge in [0.05, 0.1) is 22.7 Å². The number of amides is 1. The standard InChI is InChI=1S/C24H26N4O3/c1-18-6-5-14-26(15-13-18)23(29)16-20-17-27(21-7-3-2-4-8-21)25-24(20)19-9-11-22(12-10-19)28(30)31/h2-4,7-12,17-18H,5-6,13-16H2,1H3/t18-/m0/s1. The maximum absolute atomic E-state index is 13.1. The third kappa shape index (κ3) is 4.82. The molecule has 1 aliphatic heterocycles. The molecule has 160 valence electrons. The first-order valence-corrected chi connectivity index (χ1v) is 10.7. The molecule has 1 aromatic heterocycles. The number of hydrogen-bond donors (Lipinski definition) is 0. The van der Waals surface area contributed by atoms with E-state index < -0.39 is 4.92 Å². The first-order valence-electron chi connectivity index (χ1n) is 10.7. The van der Waals surface area contributed by atoms with Crippen LogP contribution >= 0.6 is 0 Å². The summed E-state index contributed by atoms with van der Waals surface area (Å²) in [6.45, 7) is 3.83. The molecule has 0 unspecified atom stereocenters. The number of hydrogen-bond acceptors (Lipinski definition) is 4. The van der Waals surface area contributed by atoms with E-state index in [1.807, 2.05) is 41.4 Å². The summed E-state index contributed by atoms with van der Waals surface area (Å²) in [5.41, 5.74) is 3.18. The Bertz CT molecular complexity index is 1060. The molecule has 3 aromatic rings. The van der Waals surface area contributed by atoms with Crippen LogP contribution < -0.4 is 0 Å². The van der Waals surface area contributed by atoms with Crippen LogP contribution in [-0.4, -0.2) is 38.6 Å². The Morgan fingerprint density at radius 2 is 1.84 bits per heavy atom. The van der Waals surface area contributed by atoms with Crippen molar-refractivity contribution in [2.45, 2.75) is 32.6 Å². The molecule has 1 amide bonds. The van der Waals surface area contributed by atoms with Crippen molar-refractivity contribution in [3.63, 3.8) is 0 Å². The zero-order chi connectivity index (χ0) is 21.8. The summed E-state index contributed by atoms with van der Waals surface area (Å²) in [5, 5.41) is 15.7. The minimum Gasteiger partial charge on any atom is -0.342 e. The Morgan fingerprint density at radius 1 is 1.10 bits per heavy atom. The van der Waals surface area contributed by atoms with Crippen molar-refractivity contribution in [2.75, 3.05) is 13.1 Å². The van der Waals surface area contributed by atoms with E-state index in [-0.39, 0.29) is 18.0 Å². The predicted molar refractivity (Wildman–Crippen MR) is 119 cm³/mol. The van der Waals surface area contributed by atoms with Gasteiger partial charge < -0.3 is 4.90 Å². The number of nitrogens with zero attached hydrogens (tertiary/aromatic N) is 4. The summed E-state index contributed by atoms with van der Waals surface area (Å²) in [7, 11) is 0. The second-order valence-electron chi connectivity index (χ2n) is 8.18. The number of likely N-dealkylation sites (tertiary alicyclic amines) is 1. The molecule has 0 saturated carbocycles. The lowest BCUT2D eigenvalue weighted by Crippen LogP contribution is -2.33. The molecule has 1 atom stereocenters. The minimum absolute atomic E-state index is 0.0301. The molecule has 1 fully saturated rings. The number of carbonyl (C=O) groups excluding carboxylic acids is 1. The van der Waals surface area contributed by atoms with Gasteiger partial charge in [-0.15, -0.1) is 0 Å². The molecule has 31 heavy (non-hydrogen) atoms. The Kier molecular flexibility index (Phi) is 6.11. The van der Waals surface area contributed by atoms with Crippen molar-refractivity contribution in [3.05, 3.63) is 76.5 Å². The number of rotatable bonds is 5. The van der Waals surface area contributed by atoms with Gasteiger partial charge in [-0.05, 0) is 49.4 Å². The average molecular weight is 418 g/mol. The lowest BCUT2D eigenvalue weighted by atomic mass is 10.0. The molecular formula is C24H26N4O3. The molecular weight excluding hydrogens is 392 g/mol. The zero-order valence-electron chi connectivity index (χ0n) is 17.6. The Labute approximate surface area is 181 Å². The summed E-state index contributed by atoms with van der Waals surface area (Å²) in [6.07, 6.45) is 5.37. The van der Waals surface area contributed by atoms with E-state index in [4.69, 9.17) is 5.10 Å². The molecule has 2 aromatic carbocycles. The normalized spacial score (nSPS) is 16.7. The van der Waals surface area contributed by atoms with Crippen LogP contribution in [0.2, 0.25) is 0 Å². The van der Waals surface area contributed by atoms with Gasteiger partial charge in [0.2, 0.25) is 5.91 Å². The highest BCUT2D eigenvalue weighted by atomic mass is 16.6. The maximum Gasteiger partial charge on any atom is 0.269 e. The average Bonchev–Trinajstić information content (AvgIpc) is 3.07. The molecule has 0 aliphatic carbocycles. The topological polar surface area (TPSA) is 81.3 Å². The summed E-state index contributed by atoms with van der Waals surface area (Å²) in [4.78, 5) is 25.7. The highest BCUT2D eigenvalue weighted by molar-refractivity contribution is 5.81. The van der Waals surface area contributed by atoms with Gasteiger partial charge in [0.25, 0.3) is 5.69 Å². The van der Waals surface area contributed by atoms with Gasteiger partial charge in [-0.25, -0.2) is 4.68 Å². The maximum atomic E-state index is 13.1. The number of nitro groups is 1. The summed E-state index contributed by atoms with van der Waals surface area (Å²) < 4.78 is 1.77. The van der Waals surface area contributed by atoms with Crippen LogP contribution in [0.25, 0.3) is 16.9 Å². The van der Waals surface area contributed by atoms with E-state index in [2.05, 4.69) is 6.92 Å². The first-order chi connectivity index (χ1) is 15.0. The quantitative estimate of drug-likeness (QED) is 0.447. The van der Waals surface area contributed by atoms with Crippen LogP contribution in [0.4, 0.5) is 5.69 Å². The molecule has 1 aliphatic rings. The number of nitro benzene ring substituents is 1. The van der Waals surface area contributed by atoms with Crippen molar-refractivity contribution >= 4 is 11.6 Å². The third-order valence-corrected chi connectivity index (χ3v) is 5.87. The van der Waals surface area contributed by atoms with Gasteiger partial charge in [0, 0.05) is 42.5 Å². The van der Waals surface area contributed by atoms with E-state index in [1.54, 1.807) is 16.8 Å². The van der Waals surface area contributed by atoms with Crippen LogP contribution in [0, 0.1) is 16.0 Å². The van der Waals surface area contributed by atoms with Crippen LogP contribution in [0.5, 0.6) is 0 Å². The largest absolute Gasteiger partial charge is 0.342 e. The van der Waals surface area contributed by atoms with Crippen LogP contribution in [0.1, 0.15) is 31.7 Å². The number of para-hydroxylation sites is 1. The number of carbonyl (C=O) groups is 1. The van der Waals surface area contributed by atoms with Crippen LogP contribution in [0.15, 0.2) is 60.8 Å². The number of non-ortho nitro benzene ring substituents is 1. The second-order valence-corrected chi connectivity index (χ2v) is 8.18. The highest BCUT2D eigenvalue weighted by Gasteiger charge is 2.22. The Morgan fingerprint density at radius 3 is 2.55 bits per heavy atom. The van der Waals surface area contributed by atoms with Gasteiger partial charge >= 0.3 is 0 Å². The van der Waals surface area contributed by atoms with Gasteiger partial charge in [0.15, 0.2) is 0 Å². The van der Waals surface area contributed by atoms with Crippen molar-refractivity contribution < 1.29 is 9.72 Å². The van der Waals surface area contributed by atoms with Gasteiger partial charge in [-0.1, -0.05) is 25.1 Å². The van der Waals surface area contributed by atoms with E-state index in [0.29, 0.717) is 11.6 Å². The Balaban J connectivity index is 1.65. The molecule has 2 heterocycles. The van der Waals surface area contributed by atoms with Crippen molar-refractivity contribution in [3.8, 4) is 16.9 Å². The van der Waals surface area contributed by atoms with Crippen LogP contribution in [-0.2, 0) is 11.2 Å². The van der Waals surface area contributed by atoms with Crippen molar-refractivity contribution in [2.24, 2.45) is 5.92 Å². The third-order valence-electron chi connectivity index (χ3n) is 5.87. The molecule has 7 nitrogen and oxygen atoms in total. The van der Waals surface area contributed by atoms with E-state index >= 15 is 0 Å². The van der Waals surface area contributed by atoms with E-state index in [9.17, 15) is 14.9 Å². The molecule has 4 rings (SSSR count). The predicted octanol–water partition coefficient (Wildman–Crippen LogP) is 4.64. The zero-order valence-corrected chi connectivity index (χ0v) is 17.6. The second kappa shape index (κ2) is 9.12. The molecule has 0 radical (unpaired) electrons. The smallest absolute Gasteiger partial charge is 0.269 e. The fourth-order valence-electron chi connectivity index (χ4n) is 4.02. The van der Waals surface area contributed by atoms with Crippen LogP contribution in [0.3, 0.4) is 0 Å². The van der Waals surface area contributed by atoms with Crippen molar-refractivity contribution in [1.29, 1.82) is 0 Å². The number of benzene rings is 2. The highest BCUT2D eigenvalue weighted by Crippen LogP contribution is 2.27. The summed E-state index contributed by atoms with van der Waals surface area (Å²) >= 11 is 0. The summed E-state index contributed by atoms with van der Waals surface area (Å²) in [6, 6.07) is 16.0.